The Morgan fingerprint density at radius 1 is 1.30 bits per heavy atom. The number of benzene rings is 1. The number of hydrogen-bond donors (Lipinski definition) is 3. The van der Waals surface area contributed by atoms with Crippen LogP contribution >= 0.6 is 0 Å². The molecule has 2 aliphatic rings. The fraction of sp³-hybridized carbons (Fsp3) is 0.500. The van der Waals surface area contributed by atoms with Crippen molar-refractivity contribution in [3.63, 3.8) is 0 Å². The number of carbonyl (C=O) groups excluding carboxylic acids is 1. The Balaban J connectivity index is 1.71. The third-order valence-corrected chi connectivity index (χ3v) is 6.75. The standard InChI is InChI=1S/C26H32N4O3/c1-16-12-26(32,13-17(2)33-16)19-5-6-22(30-24(31)23-28-15-20(14-27)29-23)21(11-19)18-7-9-25(3,4)10-8-18/h5-7,11,15-17,32H,8-10,12-13H2,1-4H3,(H,28,29)(H,30,31)/t16-,17+,26?. The number of rotatable bonds is 4. The van der Waals surface area contributed by atoms with Crippen LogP contribution in [0.4, 0.5) is 5.69 Å². The SMILES string of the molecule is C[C@@H]1CC(O)(c2ccc(NC(=O)c3ncc(C#N)[nH]3)c(C3=CCC(C)(C)CC3)c2)C[C@H](C)O1. The van der Waals surface area contributed by atoms with E-state index in [1.165, 1.54) is 11.8 Å². The van der Waals surface area contributed by atoms with Gasteiger partial charge in [-0.05, 0) is 61.8 Å². The van der Waals surface area contributed by atoms with Crippen molar-refractivity contribution in [2.45, 2.75) is 77.6 Å². The Hall–Kier alpha value is -2.95. The fourth-order valence-electron chi connectivity index (χ4n) is 4.97. The lowest BCUT2D eigenvalue weighted by Crippen LogP contribution is -2.41. The number of anilines is 1. The molecule has 1 aliphatic heterocycles. The predicted octanol–water partition coefficient (Wildman–Crippen LogP) is 4.90. The summed E-state index contributed by atoms with van der Waals surface area (Å²) in [6.07, 6.45) is 7.46. The van der Waals surface area contributed by atoms with Gasteiger partial charge in [-0.15, -0.1) is 0 Å². The molecule has 1 aromatic heterocycles. The molecule has 2 aromatic rings. The minimum atomic E-state index is -0.981. The maximum atomic E-state index is 12.8. The summed E-state index contributed by atoms with van der Waals surface area (Å²) in [5.74, 6) is -0.319. The van der Waals surface area contributed by atoms with E-state index in [0.717, 1.165) is 30.4 Å². The van der Waals surface area contributed by atoms with Gasteiger partial charge in [0.05, 0.1) is 24.0 Å². The van der Waals surface area contributed by atoms with Crippen LogP contribution in [-0.4, -0.2) is 33.2 Å². The number of H-pyrrole nitrogens is 1. The summed E-state index contributed by atoms with van der Waals surface area (Å²) in [4.78, 5) is 19.5. The molecule has 0 spiro atoms. The molecule has 1 amide bonds. The van der Waals surface area contributed by atoms with Crippen molar-refractivity contribution >= 4 is 17.2 Å². The molecule has 1 aromatic carbocycles. The van der Waals surface area contributed by atoms with Crippen LogP contribution in [0.2, 0.25) is 0 Å². The molecule has 7 nitrogen and oxygen atoms in total. The lowest BCUT2D eigenvalue weighted by atomic mass is 9.75. The number of aromatic nitrogens is 2. The number of aliphatic hydroxyl groups is 1. The first-order chi connectivity index (χ1) is 15.6. The molecule has 0 saturated carbocycles. The molecule has 0 radical (unpaired) electrons. The number of ether oxygens (including phenoxy) is 1. The number of allylic oxidation sites excluding steroid dienone is 2. The lowest BCUT2D eigenvalue weighted by molar-refractivity contribution is -0.135. The average molecular weight is 449 g/mol. The van der Waals surface area contributed by atoms with Crippen LogP contribution in [0.3, 0.4) is 0 Å². The van der Waals surface area contributed by atoms with E-state index in [-0.39, 0.29) is 29.1 Å². The summed E-state index contributed by atoms with van der Waals surface area (Å²) in [5, 5.41) is 23.5. The van der Waals surface area contributed by atoms with Crippen LogP contribution in [0.1, 0.15) is 87.2 Å². The first-order valence-electron chi connectivity index (χ1n) is 11.6. The van der Waals surface area contributed by atoms with Gasteiger partial charge in [-0.2, -0.15) is 5.26 Å². The van der Waals surface area contributed by atoms with E-state index in [4.69, 9.17) is 10.00 Å². The monoisotopic (exact) mass is 448 g/mol. The van der Waals surface area contributed by atoms with Crippen molar-refractivity contribution < 1.29 is 14.6 Å². The Morgan fingerprint density at radius 2 is 2.03 bits per heavy atom. The molecule has 33 heavy (non-hydrogen) atoms. The quantitative estimate of drug-likeness (QED) is 0.616. The van der Waals surface area contributed by atoms with Crippen LogP contribution in [0, 0.1) is 16.7 Å². The van der Waals surface area contributed by atoms with Crippen molar-refractivity contribution in [3.8, 4) is 6.07 Å². The van der Waals surface area contributed by atoms with E-state index in [1.807, 2.05) is 38.1 Å². The molecule has 4 rings (SSSR count). The van der Waals surface area contributed by atoms with Gasteiger partial charge in [-0.1, -0.05) is 26.0 Å². The van der Waals surface area contributed by atoms with Crippen molar-refractivity contribution in [2.75, 3.05) is 5.32 Å². The molecule has 3 atom stereocenters. The number of nitrogens with one attached hydrogen (secondary N) is 2. The van der Waals surface area contributed by atoms with Crippen LogP contribution in [0.25, 0.3) is 5.57 Å². The summed E-state index contributed by atoms with van der Waals surface area (Å²) in [7, 11) is 0. The van der Waals surface area contributed by atoms with Crippen LogP contribution in [0.15, 0.2) is 30.5 Å². The van der Waals surface area contributed by atoms with Gasteiger partial charge in [0.2, 0.25) is 0 Å². The van der Waals surface area contributed by atoms with Gasteiger partial charge in [0.1, 0.15) is 11.8 Å². The molecule has 7 heteroatoms. The maximum absolute atomic E-state index is 12.8. The highest BCUT2D eigenvalue weighted by Crippen LogP contribution is 2.43. The third-order valence-electron chi connectivity index (χ3n) is 6.75. The first-order valence-corrected chi connectivity index (χ1v) is 11.6. The smallest absolute Gasteiger partial charge is 0.291 e. The van der Waals surface area contributed by atoms with Gasteiger partial charge in [0.25, 0.3) is 5.91 Å². The Morgan fingerprint density at radius 3 is 2.64 bits per heavy atom. The maximum Gasteiger partial charge on any atom is 0.291 e. The van der Waals surface area contributed by atoms with Gasteiger partial charge in [-0.25, -0.2) is 4.98 Å². The predicted molar refractivity (Wildman–Crippen MR) is 126 cm³/mol. The second-order valence-electron chi connectivity index (χ2n) is 10.3. The zero-order valence-corrected chi connectivity index (χ0v) is 19.7. The van der Waals surface area contributed by atoms with E-state index in [9.17, 15) is 9.90 Å². The number of nitrogens with zero attached hydrogens (tertiary/aromatic N) is 2. The number of amides is 1. The Bertz CT molecular complexity index is 1110. The molecule has 3 N–H and O–H groups in total. The van der Waals surface area contributed by atoms with Gasteiger partial charge >= 0.3 is 0 Å². The third kappa shape index (κ3) is 5.02. The van der Waals surface area contributed by atoms with Crippen molar-refractivity contribution in [3.05, 3.63) is 53.1 Å². The van der Waals surface area contributed by atoms with E-state index in [0.29, 0.717) is 18.5 Å². The summed E-state index contributed by atoms with van der Waals surface area (Å²) in [6, 6.07) is 7.72. The lowest BCUT2D eigenvalue weighted by Gasteiger charge is -2.40. The summed E-state index contributed by atoms with van der Waals surface area (Å²) < 4.78 is 5.85. The van der Waals surface area contributed by atoms with Crippen molar-refractivity contribution in [1.82, 2.24) is 9.97 Å². The Labute approximate surface area is 194 Å². The molecule has 174 valence electrons. The summed E-state index contributed by atoms with van der Waals surface area (Å²) in [5.41, 5.74) is 3.10. The molecule has 1 saturated heterocycles. The molecule has 1 fully saturated rings. The summed E-state index contributed by atoms with van der Waals surface area (Å²) in [6.45, 7) is 8.49. The summed E-state index contributed by atoms with van der Waals surface area (Å²) >= 11 is 0. The van der Waals surface area contributed by atoms with Gasteiger partial charge < -0.3 is 20.1 Å². The molecule has 1 unspecified atom stereocenters. The van der Waals surface area contributed by atoms with Gasteiger partial charge in [0.15, 0.2) is 5.82 Å². The molecule has 0 bridgehead atoms. The highest BCUT2D eigenvalue weighted by atomic mass is 16.5. The van der Waals surface area contributed by atoms with Crippen LogP contribution < -0.4 is 5.32 Å². The second kappa shape index (κ2) is 8.77. The van der Waals surface area contributed by atoms with Gasteiger partial charge in [-0.3, -0.25) is 4.79 Å². The van der Waals surface area contributed by atoms with Crippen molar-refractivity contribution in [1.29, 1.82) is 5.26 Å². The van der Waals surface area contributed by atoms with E-state index < -0.39 is 11.5 Å². The van der Waals surface area contributed by atoms with E-state index in [1.54, 1.807) is 0 Å². The zero-order valence-electron chi connectivity index (χ0n) is 19.7. The Kier molecular flexibility index (Phi) is 6.17. The largest absolute Gasteiger partial charge is 0.385 e. The fourth-order valence-corrected chi connectivity index (χ4v) is 4.97. The minimum Gasteiger partial charge on any atom is -0.385 e. The van der Waals surface area contributed by atoms with E-state index in [2.05, 4.69) is 35.2 Å². The zero-order chi connectivity index (χ0) is 23.8. The van der Waals surface area contributed by atoms with Crippen LogP contribution in [-0.2, 0) is 10.3 Å². The average Bonchev–Trinajstić information content (AvgIpc) is 3.23. The molecule has 2 heterocycles. The van der Waals surface area contributed by atoms with Crippen LogP contribution in [0.5, 0.6) is 0 Å². The number of aromatic amines is 1. The molecular weight excluding hydrogens is 416 g/mol. The second-order valence-corrected chi connectivity index (χ2v) is 10.3. The highest BCUT2D eigenvalue weighted by molar-refractivity contribution is 6.03. The van der Waals surface area contributed by atoms with Gasteiger partial charge in [0, 0.05) is 24.1 Å². The van der Waals surface area contributed by atoms with E-state index >= 15 is 0 Å². The minimum absolute atomic E-state index is 0.0374. The highest BCUT2D eigenvalue weighted by Gasteiger charge is 2.39. The number of hydrogen-bond acceptors (Lipinski definition) is 5. The normalized spacial score (nSPS) is 26.8. The molecular formula is C26H32N4O3. The molecule has 1 aliphatic carbocycles. The van der Waals surface area contributed by atoms with Crippen molar-refractivity contribution in [2.24, 2.45) is 5.41 Å². The number of carbonyl (C=O) groups is 1. The topological polar surface area (TPSA) is 111 Å². The number of imidazole rings is 1. The number of nitriles is 1. The first kappa shape index (κ1) is 23.2.